The zero-order valence-electron chi connectivity index (χ0n) is 17.1. The van der Waals surface area contributed by atoms with Crippen LogP contribution in [0.3, 0.4) is 0 Å². The van der Waals surface area contributed by atoms with Gasteiger partial charge in [0.1, 0.15) is 0 Å². The van der Waals surface area contributed by atoms with Gasteiger partial charge in [0, 0.05) is 22.5 Å². The molecule has 158 valence electrons. The predicted molar refractivity (Wildman–Crippen MR) is 131 cm³/mol. The van der Waals surface area contributed by atoms with E-state index in [0.717, 1.165) is 33.6 Å². The molecule has 0 radical (unpaired) electrons. The molecule has 0 aliphatic rings. The number of amides is 1. The highest BCUT2D eigenvalue weighted by molar-refractivity contribution is 7.99. The van der Waals surface area contributed by atoms with Crippen molar-refractivity contribution in [1.82, 2.24) is 9.97 Å². The topological polar surface area (TPSA) is 46.1 Å². The molecule has 0 saturated heterocycles. The maximum Gasteiger partial charge on any atom is 0.229 e. The Morgan fingerprint density at radius 2 is 1.94 bits per heavy atom. The molecule has 4 nitrogen and oxygen atoms in total. The summed E-state index contributed by atoms with van der Waals surface area (Å²) >= 11 is 9.49. The van der Waals surface area contributed by atoms with E-state index in [9.17, 15) is 4.79 Å². The lowest BCUT2D eigenvalue weighted by Crippen LogP contribution is -2.30. The number of fused-ring (bicyclic) bond motifs is 1. The summed E-state index contributed by atoms with van der Waals surface area (Å²) in [6, 6.07) is 19.8. The van der Waals surface area contributed by atoms with Gasteiger partial charge in [0.2, 0.25) is 5.91 Å². The molecule has 0 N–H and O–H groups in total. The molecular weight excluding hydrogens is 446 g/mol. The molecule has 1 amide bonds. The predicted octanol–water partition coefficient (Wildman–Crippen LogP) is 6.76. The van der Waals surface area contributed by atoms with Gasteiger partial charge in [0.15, 0.2) is 5.13 Å². The van der Waals surface area contributed by atoms with E-state index in [0.29, 0.717) is 23.1 Å². The van der Waals surface area contributed by atoms with Gasteiger partial charge in [-0.05, 0) is 61.1 Å². The highest BCUT2D eigenvalue weighted by atomic mass is 35.5. The lowest BCUT2D eigenvalue weighted by atomic mass is 10.2. The van der Waals surface area contributed by atoms with Crippen LogP contribution in [0.5, 0.6) is 0 Å². The first-order valence-corrected chi connectivity index (χ1v) is 12.2. The van der Waals surface area contributed by atoms with Crippen molar-refractivity contribution in [3.63, 3.8) is 0 Å². The highest BCUT2D eigenvalue weighted by Gasteiger charge is 2.21. The molecule has 0 saturated carbocycles. The average molecular weight is 468 g/mol. The van der Waals surface area contributed by atoms with Crippen LogP contribution in [0.2, 0.25) is 5.02 Å². The number of thioether (sulfide) groups is 1. The molecule has 7 heteroatoms. The van der Waals surface area contributed by atoms with E-state index in [2.05, 4.69) is 17.1 Å². The van der Waals surface area contributed by atoms with Crippen molar-refractivity contribution in [2.24, 2.45) is 0 Å². The molecule has 0 aliphatic carbocycles. The van der Waals surface area contributed by atoms with Gasteiger partial charge in [-0.15, -0.1) is 11.8 Å². The Bertz CT molecular complexity index is 1170. The van der Waals surface area contributed by atoms with Crippen molar-refractivity contribution in [1.29, 1.82) is 0 Å². The van der Waals surface area contributed by atoms with Crippen LogP contribution in [0.25, 0.3) is 10.2 Å². The van der Waals surface area contributed by atoms with E-state index in [-0.39, 0.29) is 5.91 Å². The minimum absolute atomic E-state index is 0.0575. The molecule has 2 aromatic carbocycles. The molecule has 31 heavy (non-hydrogen) atoms. The summed E-state index contributed by atoms with van der Waals surface area (Å²) in [4.78, 5) is 25.4. The number of carbonyl (C=O) groups is 1. The molecule has 2 heterocycles. The normalized spacial score (nSPS) is 11.0. The van der Waals surface area contributed by atoms with Crippen LogP contribution >= 0.6 is 34.7 Å². The number of hydrogen-bond acceptors (Lipinski definition) is 5. The van der Waals surface area contributed by atoms with E-state index in [1.807, 2.05) is 55.5 Å². The monoisotopic (exact) mass is 467 g/mol. The zero-order valence-corrected chi connectivity index (χ0v) is 19.5. The number of thiazole rings is 1. The summed E-state index contributed by atoms with van der Waals surface area (Å²) in [5.41, 5.74) is 2.74. The van der Waals surface area contributed by atoms with Gasteiger partial charge in [-0.3, -0.25) is 14.7 Å². The number of anilines is 1. The number of aromatic nitrogens is 2. The molecule has 4 rings (SSSR count). The maximum atomic E-state index is 13.2. The number of aryl methyl sites for hydroxylation is 1. The number of benzene rings is 2. The molecule has 0 unspecified atom stereocenters. The van der Waals surface area contributed by atoms with Crippen LogP contribution in [0, 0.1) is 6.92 Å². The lowest BCUT2D eigenvalue weighted by molar-refractivity contribution is -0.118. The minimum atomic E-state index is 0.0575. The second kappa shape index (κ2) is 10.3. The first-order chi connectivity index (χ1) is 15.1. The van der Waals surface area contributed by atoms with Crippen molar-refractivity contribution in [3.05, 3.63) is 83.1 Å². The molecule has 0 aliphatic heterocycles. The fraction of sp³-hybridized carbons (Fsp3) is 0.208. The zero-order chi connectivity index (χ0) is 21.6. The average Bonchev–Trinajstić information content (AvgIpc) is 3.20. The summed E-state index contributed by atoms with van der Waals surface area (Å²) in [5, 5.41) is 1.37. The van der Waals surface area contributed by atoms with Crippen molar-refractivity contribution in [2.75, 3.05) is 10.7 Å². The molecule has 0 spiro atoms. The Kier molecular flexibility index (Phi) is 7.22. The van der Waals surface area contributed by atoms with Crippen molar-refractivity contribution < 1.29 is 4.79 Å². The van der Waals surface area contributed by atoms with Crippen molar-refractivity contribution >= 4 is 56.0 Å². The van der Waals surface area contributed by atoms with Crippen LogP contribution < -0.4 is 4.90 Å². The van der Waals surface area contributed by atoms with Gasteiger partial charge in [-0.2, -0.15) is 0 Å². The Morgan fingerprint density at radius 3 is 2.71 bits per heavy atom. The number of pyridine rings is 1. The van der Waals surface area contributed by atoms with Crippen LogP contribution in [0.15, 0.2) is 71.8 Å². The maximum absolute atomic E-state index is 13.2. The largest absolute Gasteiger partial charge is 0.282 e. The lowest BCUT2D eigenvalue weighted by Gasteiger charge is -2.19. The van der Waals surface area contributed by atoms with Crippen LogP contribution in [0.1, 0.15) is 24.1 Å². The fourth-order valence-electron chi connectivity index (χ4n) is 3.24. The fourth-order valence-corrected chi connectivity index (χ4v) is 5.55. The second-order valence-corrected chi connectivity index (χ2v) is 9.75. The third-order valence-corrected chi connectivity index (χ3v) is 7.11. The Morgan fingerprint density at radius 1 is 1.13 bits per heavy atom. The van der Waals surface area contributed by atoms with E-state index >= 15 is 0 Å². The summed E-state index contributed by atoms with van der Waals surface area (Å²) in [6.45, 7) is 2.39. The number of carbonyl (C=O) groups excluding carboxylic acids is 1. The van der Waals surface area contributed by atoms with Crippen LogP contribution in [0.4, 0.5) is 5.13 Å². The molecule has 0 atom stereocenters. The molecule has 0 bridgehead atoms. The third kappa shape index (κ3) is 5.64. The Balaban J connectivity index is 1.51. The molecular formula is C24H22ClN3OS2. The van der Waals surface area contributed by atoms with E-state index in [1.54, 1.807) is 22.9 Å². The van der Waals surface area contributed by atoms with Crippen molar-refractivity contribution in [2.45, 2.75) is 31.2 Å². The molecule has 0 fully saturated rings. The second-order valence-electron chi connectivity index (χ2n) is 7.13. The number of hydrogen-bond donors (Lipinski definition) is 0. The number of halogens is 1. The van der Waals surface area contributed by atoms with Gasteiger partial charge >= 0.3 is 0 Å². The quantitative estimate of drug-likeness (QED) is 0.212. The first kappa shape index (κ1) is 21.8. The van der Waals surface area contributed by atoms with E-state index < -0.39 is 0 Å². The van der Waals surface area contributed by atoms with Gasteiger partial charge in [0.05, 0.1) is 22.5 Å². The Labute approximate surface area is 195 Å². The van der Waals surface area contributed by atoms with Gasteiger partial charge in [0.25, 0.3) is 0 Å². The number of rotatable bonds is 8. The SMILES string of the molecule is Cc1cc(Cl)cc2sc(N(Cc3ccccn3)C(=O)CCCSc3ccccc3)nc12. The van der Waals surface area contributed by atoms with Gasteiger partial charge in [-0.25, -0.2) is 4.98 Å². The standard InChI is InChI=1S/C24H22ClN3OS2/c1-17-14-18(25)15-21-23(17)27-24(31-21)28(16-19-8-5-6-12-26-19)22(29)11-7-13-30-20-9-3-2-4-10-20/h2-6,8-10,12,14-15H,7,11,13,16H2,1H3. The third-order valence-electron chi connectivity index (χ3n) is 4.76. The smallest absolute Gasteiger partial charge is 0.229 e. The van der Waals surface area contributed by atoms with E-state index in [4.69, 9.17) is 16.6 Å². The van der Waals surface area contributed by atoms with Gasteiger partial charge < -0.3 is 0 Å². The molecule has 4 aromatic rings. The van der Waals surface area contributed by atoms with Gasteiger partial charge in [-0.1, -0.05) is 47.2 Å². The molecule has 2 aromatic heterocycles. The van der Waals surface area contributed by atoms with Crippen LogP contribution in [-0.2, 0) is 11.3 Å². The Hall–Kier alpha value is -2.41. The van der Waals surface area contributed by atoms with Crippen molar-refractivity contribution in [3.8, 4) is 0 Å². The van der Waals surface area contributed by atoms with E-state index in [1.165, 1.54) is 16.2 Å². The first-order valence-electron chi connectivity index (χ1n) is 10.0. The highest BCUT2D eigenvalue weighted by Crippen LogP contribution is 2.34. The van der Waals surface area contributed by atoms with Crippen LogP contribution in [-0.4, -0.2) is 21.6 Å². The summed E-state index contributed by atoms with van der Waals surface area (Å²) in [7, 11) is 0. The summed E-state index contributed by atoms with van der Waals surface area (Å²) in [5.74, 6) is 0.948. The summed E-state index contributed by atoms with van der Waals surface area (Å²) in [6.07, 6.45) is 3.01. The summed E-state index contributed by atoms with van der Waals surface area (Å²) < 4.78 is 0.985. The number of nitrogens with zero attached hydrogens (tertiary/aromatic N) is 3. The minimum Gasteiger partial charge on any atom is -0.282 e.